The van der Waals surface area contributed by atoms with Crippen LogP contribution < -0.4 is 11.2 Å². The van der Waals surface area contributed by atoms with Gasteiger partial charge >= 0.3 is 17.5 Å². The van der Waals surface area contributed by atoms with Crippen LogP contribution in [0.15, 0.2) is 33.9 Å². The van der Waals surface area contributed by atoms with E-state index in [0.717, 1.165) is 4.57 Å². The van der Waals surface area contributed by atoms with Crippen molar-refractivity contribution in [3.63, 3.8) is 0 Å². The van der Waals surface area contributed by atoms with Crippen molar-refractivity contribution in [3.05, 3.63) is 45.1 Å². The van der Waals surface area contributed by atoms with Crippen molar-refractivity contribution >= 4 is 28.6 Å². The molecule has 0 atom stereocenters. The van der Waals surface area contributed by atoms with E-state index in [1.54, 1.807) is 24.3 Å². The van der Waals surface area contributed by atoms with Crippen molar-refractivity contribution in [2.75, 3.05) is 52.5 Å². The summed E-state index contributed by atoms with van der Waals surface area (Å²) in [6, 6.07) is 6.60. The molecule has 31 heavy (non-hydrogen) atoms. The Morgan fingerprint density at radius 3 is 2.10 bits per heavy atom. The van der Waals surface area contributed by atoms with Crippen molar-refractivity contribution in [2.24, 2.45) is 0 Å². The van der Waals surface area contributed by atoms with Crippen LogP contribution in [0.25, 0.3) is 10.9 Å². The lowest BCUT2D eigenvalue weighted by Crippen LogP contribution is -2.56. The van der Waals surface area contributed by atoms with Crippen LogP contribution in [0.1, 0.15) is 0 Å². The van der Waals surface area contributed by atoms with E-state index in [-0.39, 0.29) is 32.7 Å². The normalized spacial score (nSPS) is 17.1. The van der Waals surface area contributed by atoms with Gasteiger partial charge in [0.1, 0.15) is 6.54 Å². The molecule has 164 valence electrons. The number of para-hydroxylation sites is 1. The minimum atomic E-state index is -0.651. The van der Waals surface area contributed by atoms with Crippen molar-refractivity contribution in [3.8, 4) is 0 Å². The number of hydrogen-bond donors (Lipinski definition) is 1. The number of nitrogens with zero attached hydrogens (tertiary/aromatic N) is 4. The van der Waals surface area contributed by atoms with Gasteiger partial charge in [-0.25, -0.2) is 4.79 Å². The lowest BCUT2D eigenvalue weighted by atomic mass is 10.2. The molecule has 11 nitrogen and oxygen atoms in total. The number of benzene rings is 1. The molecular formula is C20H23N5O6. The molecule has 2 saturated heterocycles. The monoisotopic (exact) mass is 429 g/mol. The molecular weight excluding hydrogens is 406 g/mol. The van der Waals surface area contributed by atoms with Crippen LogP contribution in [0.3, 0.4) is 0 Å². The van der Waals surface area contributed by atoms with Gasteiger partial charge in [0.25, 0.3) is 5.56 Å². The van der Waals surface area contributed by atoms with E-state index >= 15 is 0 Å². The molecule has 2 aromatic rings. The van der Waals surface area contributed by atoms with Crippen molar-refractivity contribution < 1.29 is 19.1 Å². The molecule has 1 aromatic heterocycles. The molecule has 3 heterocycles. The highest BCUT2D eigenvalue weighted by molar-refractivity contribution is 6.34. The molecule has 2 aliphatic rings. The van der Waals surface area contributed by atoms with Crippen LogP contribution in [-0.4, -0.2) is 94.5 Å². The van der Waals surface area contributed by atoms with Gasteiger partial charge in [-0.05, 0) is 12.1 Å². The Bertz CT molecular complexity index is 1120. The fraction of sp³-hybridized carbons (Fsp3) is 0.450. The lowest BCUT2D eigenvalue weighted by molar-refractivity contribution is -0.155. The smallest absolute Gasteiger partial charge is 0.329 e. The van der Waals surface area contributed by atoms with E-state index in [0.29, 0.717) is 37.2 Å². The summed E-state index contributed by atoms with van der Waals surface area (Å²) in [7, 11) is 0. The maximum atomic E-state index is 12.7. The number of ether oxygens (including phenoxy) is 1. The number of carbonyl (C=O) groups is 3. The number of piperazine rings is 1. The fourth-order valence-electron chi connectivity index (χ4n) is 3.77. The Morgan fingerprint density at radius 2 is 1.42 bits per heavy atom. The summed E-state index contributed by atoms with van der Waals surface area (Å²) in [4.78, 5) is 69.4. The zero-order chi connectivity index (χ0) is 22.0. The first-order chi connectivity index (χ1) is 15.0. The van der Waals surface area contributed by atoms with Crippen LogP contribution in [0, 0.1) is 0 Å². The molecule has 11 heteroatoms. The van der Waals surface area contributed by atoms with E-state index in [2.05, 4.69) is 4.98 Å². The Labute approximate surface area is 176 Å². The van der Waals surface area contributed by atoms with Gasteiger partial charge in [-0.3, -0.25) is 23.7 Å². The molecule has 2 fully saturated rings. The number of H-pyrrole nitrogens is 1. The first-order valence-electron chi connectivity index (χ1n) is 10.1. The molecule has 0 spiro atoms. The summed E-state index contributed by atoms with van der Waals surface area (Å²) in [6.45, 7) is 2.08. The SMILES string of the molecule is O=C(Cn1c(=O)[nH]c2ccccc2c1=O)N1CCN(C(=O)C(=O)N2CCOCC2)CC1. The molecule has 1 N–H and O–H groups in total. The summed E-state index contributed by atoms with van der Waals surface area (Å²) in [5, 5.41) is 0.326. The average Bonchev–Trinajstić information content (AvgIpc) is 2.81. The largest absolute Gasteiger partial charge is 0.378 e. The number of morpholine rings is 1. The Hall–Kier alpha value is -3.47. The standard InChI is InChI=1S/C20H23N5O6/c26-16(13-25-17(27)14-3-1-2-4-15(14)21-20(25)30)22-5-7-23(8-6-22)18(28)19(29)24-9-11-31-12-10-24/h1-4H,5-13H2,(H,21,30). The summed E-state index contributed by atoms with van der Waals surface area (Å²) >= 11 is 0. The van der Waals surface area contributed by atoms with Crippen molar-refractivity contribution in [1.82, 2.24) is 24.3 Å². The van der Waals surface area contributed by atoms with E-state index in [9.17, 15) is 24.0 Å². The number of hydrogen-bond acceptors (Lipinski definition) is 6. The number of aromatic amines is 1. The number of carbonyl (C=O) groups excluding carboxylic acids is 3. The van der Waals surface area contributed by atoms with Crippen LogP contribution in [0.5, 0.6) is 0 Å². The highest BCUT2D eigenvalue weighted by Gasteiger charge is 2.31. The molecule has 0 radical (unpaired) electrons. The van der Waals surface area contributed by atoms with E-state index in [1.165, 1.54) is 14.7 Å². The first-order valence-corrected chi connectivity index (χ1v) is 10.1. The van der Waals surface area contributed by atoms with Crippen LogP contribution in [0.4, 0.5) is 0 Å². The second-order valence-corrected chi connectivity index (χ2v) is 7.44. The number of amides is 3. The molecule has 0 saturated carbocycles. The van der Waals surface area contributed by atoms with Crippen LogP contribution >= 0.6 is 0 Å². The summed E-state index contributed by atoms with van der Waals surface area (Å²) in [5.41, 5.74) is -0.766. The van der Waals surface area contributed by atoms with E-state index < -0.39 is 29.0 Å². The maximum absolute atomic E-state index is 12.7. The van der Waals surface area contributed by atoms with Gasteiger partial charge in [-0.15, -0.1) is 0 Å². The van der Waals surface area contributed by atoms with E-state index in [4.69, 9.17) is 4.74 Å². The topological polar surface area (TPSA) is 125 Å². The summed E-state index contributed by atoms with van der Waals surface area (Å²) in [5.74, 6) is -1.54. The number of aromatic nitrogens is 2. The number of fused-ring (bicyclic) bond motifs is 1. The predicted octanol–water partition coefficient (Wildman–Crippen LogP) is -1.78. The quantitative estimate of drug-likeness (QED) is 0.563. The van der Waals surface area contributed by atoms with E-state index in [1.807, 2.05) is 0 Å². The highest BCUT2D eigenvalue weighted by Crippen LogP contribution is 2.07. The fourth-order valence-corrected chi connectivity index (χ4v) is 3.77. The molecule has 0 aliphatic carbocycles. The van der Waals surface area contributed by atoms with Crippen molar-refractivity contribution in [1.29, 1.82) is 0 Å². The van der Waals surface area contributed by atoms with Gasteiger partial charge in [0, 0.05) is 39.3 Å². The molecule has 4 rings (SSSR count). The Morgan fingerprint density at radius 1 is 0.839 bits per heavy atom. The summed E-state index contributed by atoms with van der Waals surface area (Å²) < 4.78 is 6.07. The average molecular weight is 429 g/mol. The molecule has 0 bridgehead atoms. The maximum Gasteiger partial charge on any atom is 0.329 e. The van der Waals surface area contributed by atoms with Gasteiger partial charge in [0.2, 0.25) is 5.91 Å². The predicted molar refractivity (Wildman–Crippen MR) is 109 cm³/mol. The molecule has 2 aliphatic heterocycles. The Balaban J connectivity index is 1.38. The third-order valence-electron chi connectivity index (χ3n) is 5.58. The highest BCUT2D eigenvalue weighted by atomic mass is 16.5. The van der Waals surface area contributed by atoms with Gasteiger partial charge in [-0.1, -0.05) is 12.1 Å². The zero-order valence-electron chi connectivity index (χ0n) is 16.9. The third-order valence-corrected chi connectivity index (χ3v) is 5.58. The Kier molecular flexibility index (Phi) is 5.85. The van der Waals surface area contributed by atoms with Gasteiger partial charge < -0.3 is 24.4 Å². The summed E-state index contributed by atoms with van der Waals surface area (Å²) in [6.07, 6.45) is 0. The third kappa shape index (κ3) is 4.22. The van der Waals surface area contributed by atoms with Gasteiger partial charge in [0.15, 0.2) is 0 Å². The zero-order valence-corrected chi connectivity index (χ0v) is 16.9. The molecule has 3 amide bonds. The van der Waals surface area contributed by atoms with Crippen LogP contribution in [0.2, 0.25) is 0 Å². The minimum absolute atomic E-state index is 0.212. The second-order valence-electron chi connectivity index (χ2n) is 7.44. The number of rotatable bonds is 2. The first kappa shape index (κ1) is 20.8. The minimum Gasteiger partial charge on any atom is -0.378 e. The van der Waals surface area contributed by atoms with Gasteiger partial charge in [-0.2, -0.15) is 0 Å². The van der Waals surface area contributed by atoms with Crippen molar-refractivity contribution in [2.45, 2.75) is 6.54 Å². The lowest BCUT2D eigenvalue weighted by Gasteiger charge is -2.35. The number of nitrogens with one attached hydrogen (secondary N) is 1. The second kappa shape index (κ2) is 8.72. The van der Waals surface area contributed by atoms with Gasteiger partial charge in [0.05, 0.1) is 24.1 Å². The molecule has 1 aromatic carbocycles. The molecule has 0 unspecified atom stereocenters. The van der Waals surface area contributed by atoms with Crippen LogP contribution in [-0.2, 0) is 25.7 Å².